The van der Waals surface area contributed by atoms with Crippen LogP contribution in [0.15, 0.2) is 0 Å². The van der Waals surface area contributed by atoms with Gasteiger partial charge < -0.3 is 10.1 Å². The topological polar surface area (TPSA) is 55.4 Å². The largest absolute Gasteiger partial charge is 0.466 e. The Balaban J connectivity index is 2.34. The molecule has 0 radical (unpaired) electrons. The molecule has 1 atom stereocenters. The lowest BCUT2D eigenvalue weighted by Gasteiger charge is -2.14. The normalized spacial score (nSPS) is 22.4. The van der Waals surface area contributed by atoms with Gasteiger partial charge in [0.25, 0.3) is 0 Å². The molecule has 1 fully saturated rings. The van der Waals surface area contributed by atoms with Crippen molar-refractivity contribution in [3.8, 4) is 0 Å². The lowest BCUT2D eigenvalue weighted by atomic mass is 10.1. The Morgan fingerprint density at radius 1 is 1.57 bits per heavy atom. The van der Waals surface area contributed by atoms with E-state index in [1.165, 1.54) is 0 Å². The minimum Gasteiger partial charge on any atom is -0.466 e. The van der Waals surface area contributed by atoms with Crippen LogP contribution >= 0.6 is 0 Å². The van der Waals surface area contributed by atoms with Crippen molar-refractivity contribution >= 4 is 11.9 Å². The third-order valence-electron chi connectivity index (χ3n) is 2.29. The van der Waals surface area contributed by atoms with E-state index in [0.29, 0.717) is 19.4 Å². The first-order valence-corrected chi connectivity index (χ1v) is 5.17. The Bertz CT molecular complexity index is 215. The van der Waals surface area contributed by atoms with E-state index in [1.807, 2.05) is 0 Å². The number of carbonyl (C=O) groups is 2. The van der Waals surface area contributed by atoms with Gasteiger partial charge >= 0.3 is 5.97 Å². The number of ether oxygens (including phenoxy) is 1. The predicted octanol–water partition coefficient (Wildman–Crippen LogP) is 0.998. The summed E-state index contributed by atoms with van der Waals surface area (Å²) in [6, 6.07) is -0.0240. The smallest absolute Gasteiger partial charge is 0.307 e. The fourth-order valence-corrected chi connectivity index (χ4v) is 1.62. The number of hydrogen-bond donors (Lipinski definition) is 1. The summed E-state index contributed by atoms with van der Waals surface area (Å²) in [5, 5.41) is 2.83. The fraction of sp³-hybridized carbons (Fsp3) is 0.800. The van der Waals surface area contributed by atoms with Crippen molar-refractivity contribution in [1.82, 2.24) is 5.32 Å². The second-order valence-corrected chi connectivity index (χ2v) is 3.52. The standard InChI is InChI=1S/C10H17NO3/c1-2-14-10(13)7-8-5-3-4-6-9(12)11-8/h8H,2-7H2,1H3,(H,11,12). The summed E-state index contributed by atoms with van der Waals surface area (Å²) in [6.45, 7) is 2.18. The highest BCUT2D eigenvalue weighted by atomic mass is 16.5. The van der Waals surface area contributed by atoms with Gasteiger partial charge in [-0.15, -0.1) is 0 Å². The monoisotopic (exact) mass is 199 g/mol. The number of nitrogens with one attached hydrogen (secondary N) is 1. The molecular formula is C10H17NO3. The molecule has 1 rings (SSSR count). The molecule has 0 saturated carbocycles. The van der Waals surface area contributed by atoms with Crippen LogP contribution in [0.1, 0.15) is 39.0 Å². The Kier molecular flexibility index (Phi) is 4.43. The third-order valence-corrected chi connectivity index (χ3v) is 2.29. The van der Waals surface area contributed by atoms with Gasteiger partial charge in [0.2, 0.25) is 5.91 Å². The molecule has 1 N–H and O–H groups in total. The van der Waals surface area contributed by atoms with Crippen LogP contribution in [-0.2, 0) is 14.3 Å². The molecule has 1 amide bonds. The maximum Gasteiger partial charge on any atom is 0.307 e. The van der Waals surface area contributed by atoms with E-state index in [0.717, 1.165) is 19.3 Å². The Hall–Kier alpha value is -1.06. The highest BCUT2D eigenvalue weighted by Gasteiger charge is 2.19. The lowest BCUT2D eigenvalue weighted by Crippen LogP contribution is -2.34. The molecular weight excluding hydrogens is 182 g/mol. The first-order chi connectivity index (χ1) is 6.72. The van der Waals surface area contributed by atoms with Gasteiger partial charge in [0.15, 0.2) is 0 Å². The summed E-state index contributed by atoms with van der Waals surface area (Å²) in [5.41, 5.74) is 0. The Labute approximate surface area is 84.0 Å². The van der Waals surface area contributed by atoms with E-state index in [-0.39, 0.29) is 17.9 Å². The van der Waals surface area contributed by atoms with Gasteiger partial charge in [-0.05, 0) is 19.8 Å². The summed E-state index contributed by atoms with van der Waals surface area (Å²) in [4.78, 5) is 22.3. The van der Waals surface area contributed by atoms with E-state index < -0.39 is 0 Å². The number of rotatable bonds is 3. The van der Waals surface area contributed by atoms with Crippen molar-refractivity contribution in [1.29, 1.82) is 0 Å². The fourth-order valence-electron chi connectivity index (χ4n) is 1.62. The van der Waals surface area contributed by atoms with Gasteiger partial charge in [0.05, 0.1) is 13.0 Å². The maximum absolute atomic E-state index is 11.2. The molecule has 0 aromatic carbocycles. The number of carbonyl (C=O) groups excluding carboxylic acids is 2. The van der Waals surface area contributed by atoms with Crippen molar-refractivity contribution in [3.05, 3.63) is 0 Å². The first-order valence-electron chi connectivity index (χ1n) is 5.17. The molecule has 1 aliphatic heterocycles. The van der Waals surface area contributed by atoms with Gasteiger partial charge in [-0.3, -0.25) is 9.59 Å². The van der Waals surface area contributed by atoms with Crippen molar-refractivity contribution in [2.75, 3.05) is 6.61 Å². The molecule has 4 nitrogen and oxygen atoms in total. The molecule has 1 saturated heterocycles. The second-order valence-electron chi connectivity index (χ2n) is 3.52. The average Bonchev–Trinajstić information content (AvgIpc) is 2.30. The number of esters is 1. The zero-order valence-corrected chi connectivity index (χ0v) is 8.54. The summed E-state index contributed by atoms with van der Waals surface area (Å²) in [5.74, 6) is -0.170. The molecule has 14 heavy (non-hydrogen) atoms. The minimum absolute atomic E-state index is 0.0240. The van der Waals surface area contributed by atoms with Crippen LogP contribution in [0.4, 0.5) is 0 Å². The van der Waals surface area contributed by atoms with E-state index in [1.54, 1.807) is 6.92 Å². The highest BCUT2D eigenvalue weighted by Crippen LogP contribution is 2.12. The quantitative estimate of drug-likeness (QED) is 0.690. The molecule has 0 aromatic heterocycles. The summed E-state index contributed by atoms with van der Waals surface area (Å²) >= 11 is 0. The molecule has 0 aliphatic carbocycles. The molecule has 0 spiro atoms. The molecule has 80 valence electrons. The van der Waals surface area contributed by atoms with Gasteiger partial charge in [-0.1, -0.05) is 6.42 Å². The third kappa shape index (κ3) is 3.77. The summed E-state index contributed by atoms with van der Waals surface area (Å²) in [6.07, 6.45) is 3.69. The van der Waals surface area contributed by atoms with Gasteiger partial charge in [-0.25, -0.2) is 0 Å². The first kappa shape index (κ1) is 11.0. The van der Waals surface area contributed by atoms with Crippen molar-refractivity contribution < 1.29 is 14.3 Å². The number of hydrogen-bond acceptors (Lipinski definition) is 3. The van der Waals surface area contributed by atoms with E-state index in [2.05, 4.69) is 5.32 Å². The van der Waals surface area contributed by atoms with Gasteiger partial charge in [0, 0.05) is 12.5 Å². The average molecular weight is 199 g/mol. The lowest BCUT2D eigenvalue weighted by molar-refractivity contribution is -0.143. The molecule has 0 aromatic rings. The molecule has 1 heterocycles. The minimum atomic E-state index is -0.222. The number of amides is 1. The highest BCUT2D eigenvalue weighted by molar-refractivity contribution is 5.78. The van der Waals surface area contributed by atoms with Crippen LogP contribution < -0.4 is 5.32 Å². The van der Waals surface area contributed by atoms with Crippen LogP contribution in [0.3, 0.4) is 0 Å². The zero-order valence-electron chi connectivity index (χ0n) is 8.54. The molecule has 0 bridgehead atoms. The zero-order chi connectivity index (χ0) is 10.4. The van der Waals surface area contributed by atoms with Crippen LogP contribution in [-0.4, -0.2) is 24.5 Å². The summed E-state index contributed by atoms with van der Waals surface area (Å²) in [7, 11) is 0. The molecule has 4 heteroatoms. The van der Waals surface area contributed by atoms with Crippen LogP contribution in [0.5, 0.6) is 0 Å². The van der Waals surface area contributed by atoms with E-state index >= 15 is 0 Å². The van der Waals surface area contributed by atoms with Crippen LogP contribution in [0.25, 0.3) is 0 Å². The maximum atomic E-state index is 11.2. The van der Waals surface area contributed by atoms with Crippen molar-refractivity contribution in [2.45, 2.75) is 45.1 Å². The molecule has 1 unspecified atom stereocenters. The molecule has 1 aliphatic rings. The Morgan fingerprint density at radius 2 is 2.36 bits per heavy atom. The SMILES string of the molecule is CCOC(=O)CC1CCCCC(=O)N1. The van der Waals surface area contributed by atoms with Gasteiger partial charge in [0.1, 0.15) is 0 Å². The van der Waals surface area contributed by atoms with E-state index in [4.69, 9.17) is 4.74 Å². The van der Waals surface area contributed by atoms with Gasteiger partial charge in [-0.2, -0.15) is 0 Å². The van der Waals surface area contributed by atoms with Crippen LogP contribution in [0.2, 0.25) is 0 Å². The second kappa shape index (κ2) is 5.62. The van der Waals surface area contributed by atoms with Crippen molar-refractivity contribution in [2.24, 2.45) is 0 Å². The van der Waals surface area contributed by atoms with Crippen LogP contribution in [0, 0.1) is 0 Å². The van der Waals surface area contributed by atoms with Crippen molar-refractivity contribution in [3.63, 3.8) is 0 Å². The Morgan fingerprint density at radius 3 is 3.07 bits per heavy atom. The summed E-state index contributed by atoms with van der Waals surface area (Å²) < 4.78 is 4.83. The van der Waals surface area contributed by atoms with E-state index in [9.17, 15) is 9.59 Å². The predicted molar refractivity (Wildman–Crippen MR) is 51.6 cm³/mol.